The Kier molecular flexibility index (Phi) is 5.40. The van der Waals surface area contributed by atoms with E-state index in [2.05, 4.69) is 44.8 Å². The van der Waals surface area contributed by atoms with Gasteiger partial charge in [0.2, 0.25) is 0 Å². The Morgan fingerprint density at radius 2 is 2.00 bits per heavy atom. The molecule has 1 aromatic rings. The van der Waals surface area contributed by atoms with E-state index < -0.39 is 0 Å². The molecular formula is C13H25N3S. The minimum Gasteiger partial charge on any atom is -0.346 e. The van der Waals surface area contributed by atoms with Crippen LogP contribution in [0.5, 0.6) is 0 Å². The summed E-state index contributed by atoms with van der Waals surface area (Å²) in [5, 5.41) is 4.45. The number of aromatic nitrogens is 1. The quantitative estimate of drug-likeness (QED) is 0.845. The zero-order chi connectivity index (χ0) is 13.0. The van der Waals surface area contributed by atoms with Crippen LogP contribution in [0.1, 0.15) is 50.7 Å². The Labute approximate surface area is 109 Å². The number of nitrogens with one attached hydrogen (secondary N) is 1. The first-order chi connectivity index (χ1) is 8.01. The number of hydrogen-bond donors (Lipinski definition) is 1. The Hall–Kier alpha value is -0.610. The number of hydrogen-bond acceptors (Lipinski definition) is 4. The number of thiazole rings is 1. The fourth-order valence-electron chi connectivity index (χ4n) is 1.86. The molecule has 1 atom stereocenters. The predicted molar refractivity (Wildman–Crippen MR) is 77.1 cm³/mol. The summed E-state index contributed by atoms with van der Waals surface area (Å²) < 4.78 is 0. The molecule has 1 heterocycles. The van der Waals surface area contributed by atoms with Gasteiger partial charge in [0.25, 0.3) is 0 Å². The highest BCUT2D eigenvalue weighted by molar-refractivity contribution is 7.15. The van der Waals surface area contributed by atoms with Gasteiger partial charge >= 0.3 is 0 Å². The summed E-state index contributed by atoms with van der Waals surface area (Å²) >= 11 is 1.82. The lowest BCUT2D eigenvalue weighted by molar-refractivity contribution is 0.657. The zero-order valence-corrected chi connectivity index (χ0v) is 12.7. The molecule has 1 aromatic heterocycles. The summed E-state index contributed by atoms with van der Waals surface area (Å²) in [5.41, 5.74) is 1.16. The SMILES string of the molecule is CCCN(c1nc(C)c(C(C)NC)s1)C(C)C. The van der Waals surface area contributed by atoms with Crippen molar-refractivity contribution in [1.29, 1.82) is 0 Å². The Morgan fingerprint density at radius 1 is 1.35 bits per heavy atom. The van der Waals surface area contributed by atoms with Gasteiger partial charge in [-0.2, -0.15) is 0 Å². The van der Waals surface area contributed by atoms with Gasteiger partial charge in [-0.25, -0.2) is 4.98 Å². The molecule has 0 amide bonds. The van der Waals surface area contributed by atoms with Crippen LogP contribution in [0.15, 0.2) is 0 Å². The smallest absolute Gasteiger partial charge is 0.186 e. The zero-order valence-electron chi connectivity index (χ0n) is 11.9. The molecule has 0 saturated heterocycles. The highest BCUT2D eigenvalue weighted by atomic mass is 32.1. The summed E-state index contributed by atoms with van der Waals surface area (Å²) in [4.78, 5) is 8.47. The molecular weight excluding hydrogens is 230 g/mol. The van der Waals surface area contributed by atoms with E-state index in [1.54, 1.807) is 0 Å². The number of nitrogens with zero attached hydrogens (tertiary/aromatic N) is 2. The van der Waals surface area contributed by atoms with Crippen LogP contribution in [0.3, 0.4) is 0 Å². The van der Waals surface area contributed by atoms with Crippen LogP contribution in [0, 0.1) is 6.92 Å². The number of anilines is 1. The Balaban J connectivity index is 2.97. The van der Waals surface area contributed by atoms with E-state index in [1.165, 1.54) is 4.88 Å². The van der Waals surface area contributed by atoms with Gasteiger partial charge in [0.1, 0.15) is 0 Å². The van der Waals surface area contributed by atoms with Crippen molar-refractivity contribution < 1.29 is 0 Å². The van der Waals surface area contributed by atoms with E-state index >= 15 is 0 Å². The molecule has 0 aliphatic heterocycles. The van der Waals surface area contributed by atoms with Gasteiger partial charge in [-0.05, 0) is 41.2 Å². The maximum Gasteiger partial charge on any atom is 0.186 e. The average molecular weight is 255 g/mol. The number of rotatable bonds is 6. The lowest BCUT2D eigenvalue weighted by atomic mass is 10.2. The molecule has 98 valence electrons. The monoisotopic (exact) mass is 255 g/mol. The van der Waals surface area contributed by atoms with Crippen molar-refractivity contribution in [2.24, 2.45) is 0 Å². The molecule has 17 heavy (non-hydrogen) atoms. The van der Waals surface area contributed by atoms with Gasteiger partial charge in [-0.15, -0.1) is 11.3 Å². The molecule has 0 radical (unpaired) electrons. The van der Waals surface area contributed by atoms with E-state index in [0.717, 1.165) is 23.8 Å². The molecule has 3 nitrogen and oxygen atoms in total. The minimum absolute atomic E-state index is 0.386. The van der Waals surface area contributed by atoms with Gasteiger partial charge in [0, 0.05) is 23.5 Å². The van der Waals surface area contributed by atoms with Crippen molar-refractivity contribution in [3.8, 4) is 0 Å². The largest absolute Gasteiger partial charge is 0.346 e. The Morgan fingerprint density at radius 3 is 2.47 bits per heavy atom. The molecule has 1 N–H and O–H groups in total. The molecule has 4 heteroatoms. The maximum absolute atomic E-state index is 4.72. The molecule has 0 saturated carbocycles. The van der Waals surface area contributed by atoms with Crippen molar-refractivity contribution >= 4 is 16.5 Å². The molecule has 0 aliphatic carbocycles. The molecule has 0 fully saturated rings. The normalized spacial score (nSPS) is 13.1. The van der Waals surface area contributed by atoms with Crippen LogP contribution in [-0.4, -0.2) is 24.6 Å². The van der Waals surface area contributed by atoms with Crippen LogP contribution < -0.4 is 10.2 Å². The summed E-state index contributed by atoms with van der Waals surface area (Å²) in [6.45, 7) is 12.0. The van der Waals surface area contributed by atoms with E-state index in [-0.39, 0.29) is 0 Å². The van der Waals surface area contributed by atoms with Crippen molar-refractivity contribution in [2.75, 3.05) is 18.5 Å². The summed E-state index contributed by atoms with van der Waals surface area (Å²) in [6.07, 6.45) is 1.16. The third-order valence-corrected chi connectivity index (χ3v) is 4.36. The molecule has 0 aromatic carbocycles. The van der Waals surface area contributed by atoms with Gasteiger partial charge in [-0.3, -0.25) is 0 Å². The van der Waals surface area contributed by atoms with Crippen molar-refractivity contribution in [3.63, 3.8) is 0 Å². The lowest BCUT2D eigenvalue weighted by Crippen LogP contribution is -2.31. The first-order valence-corrected chi connectivity index (χ1v) is 7.24. The Bertz CT molecular complexity index is 346. The van der Waals surface area contributed by atoms with Crippen molar-refractivity contribution in [3.05, 3.63) is 10.6 Å². The van der Waals surface area contributed by atoms with Crippen LogP contribution >= 0.6 is 11.3 Å². The highest BCUT2D eigenvalue weighted by Crippen LogP contribution is 2.31. The van der Waals surface area contributed by atoms with Crippen LogP contribution in [0.4, 0.5) is 5.13 Å². The molecule has 0 bridgehead atoms. The maximum atomic E-state index is 4.72. The minimum atomic E-state index is 0.386. The van der Waals surface area contributed by atoms with E-state index in [0.29, 0.717) is 12.1 Å². The lowest BCUT2D eigenvalue weighted by Gasteiger charge is -2.25. The fraction of sp³-hybridized carbons (Fsp3) is 0.769. The third kappa shape index (κ3) is 3.42. The first kappa shape index (κ1) is 14.5. The molecule has 0 aliphatic rings. The molecule has 1 unspecified atom stereocenters. The summed E-state index contributed by atoms with van der Waals surface area (Å²) in [7, 11) is 2.00. The van der Waals surface area contributed by atoms with Gasteiger partial charge < -0.3 is 10.2 Å². The number of aryl methyl sites for hydroxylation is 1. The molecule has 1 rings (SSSR count). The standard InChI is InChI=1S/C13H25N3S/c1-7-8-16(9(2)3)13-15-11(5)12(17-13)10(4)14-6/h9-10,14H,7-8H2,1-6H3. The fourth-order valence-corrected chi connectivity index (χ4v) is 3.15. The van der Waals surface area contributed by atoms with E-state index in [1.807, 2.05) is 18.4 Å². The van der Waals surface area contributed by atoms with Crippen LogP contribution in [-0.2, 0) is 0 Å². The summed E-state index contributed by atoms with van der Waals surface area (Å²) in [5.74, 6) is 0. The van der Waals surface area contributed by atoms with Gasteiger partial charge in [0.15, 0.2) is 5.13 Å². The van der Waals surface area contributed by atoms with Crippen LogP contribution in [0.25, 0.3) is 0 Å². The third-order valence-electron chi connectivity index (χ3n) is 2.98. The highest BCUT2D eigenvalue weighted by Gasteiger charge is 2.18. The first-order valence-electron chi connectivity index (χ1n) is 6.42. The van der Waals surface area contributed by atoms with Crippen molar-refractivity contribution in [1.82, 2.24) is 10.3 Å². The van der Waals surface area contributed by atoms with E-state index in [4.69, 9.17) is 4.98 Å². The second-order valence-electron chi connectivity index (χ2n) is 4.74. The second kappa shape index (κ2) is 6.36. The molecule has 0 spiro atoms. The van der Waals surface area contributed by atoms with Crippen molar-refractivity contribution in [2.45, 2.75) is 53.1 Å². The van der Waals surface area contributed by atoms with Crippen LogP contribution in [0.2, 0.25) is 0 Å². The van der Waals surface area contributed by atoms with Gasteiger partial charge in [-0.1, -0.05) is 6.92 Å². The van der Waals surface area contributed by atoms with E-state index in [9.17, 15) is 0 Å². The average Bonchev–Trinajstić information content (AvgIpc) is 2.66. The predicted octanol–water partition coefficient (Wildman–Crippen LogP) is 3.36. The topological polar surface area (TPSA) is 28.2 Å². The van der Waals surface area contributed by atoms with Gasteiger partial charge in [0.05, 0.1) is 5.69 Å². The second-order valence-corrected chi connectivity index (χ2v) is 5.75. The summed E-state index contributed by atoms with van der Waals surface area (Å²) in [6, 6.07) is 0.898.